The predicted molar refractivity (Wildman–Crippen MR) is 120 cm³/mol. The van der Waals surface area contributed by atoms with Gasteiger partial charge < -0.3 is 30.6 Å². The molecular weight excluding hydrogens is 414 g/mol. The number of alkyl carbamates (subject to hydrolysis) is 1. The number of aliphatic hydroxyl groups excluding tert-OH is 1. The van der Waals surface area contributed by atoms with Gasteiger partial charge in [0.1, 0.15) is 11.8 Å². The molecule has 0 spiro atoms. The Morgan fingerprint density at radius 2 is 1.66 bits per heavy atom. The fourth-order valence-electron chi connectivity index (χ4n) is 3.01. The molecule has 3 atom stereocenters. The molecule has 0 fully saturated rings. The Kier molecular flexibility index (Phi) is 10.8. The van der Waals surface area contributed by atoms with Crippen molar-refractivity contribution in [3.63, 3.8) is 0 Å². The van der Waals surface area contributed by atoms with Crippen LogP contribution in [0, 0.1) is 5.41 Å². The zero-order chi connectivity index (χ0) is 24.3. The minimum absolute atomic E-state index is 0.0346. The lowest BCUT2D eigenvalue weighted by Crippen LogP contribution is -2.58. The Morgan fingerprint density at radius 3 is 2.19 bits per heavy atom. The summed E-state index contributed by atoms with van der Waals surface area (Å²) in [6.07, 6.45) is -1.37. The van der Waals surface area contributed by atoms with Gasteiger partial charge in [0, 0.05) is 19.4 Å². The molecule has 4 N–H and O–H groups in total. The molecule has 0 aliphatic heterocycles. The van der Waals surface area contributed by atoms with E-state index in [1.54, 1.807) is 20.8 Å². The number of amides is 3. The van der Waals surface area contributed by atoms with Crippen molar-refractivity contribution in [1.82, 2.24) is 16.0 Å². The van der Waals surface area contributed by atoms with Crippen LogP contribution in [0.1, 0.15) is 46.1 Å². The molecule has 178 valence electrons. The molecule has 0 heterocycles. The zero-order valence-corrected chi connectivity index (χ0v) is 19.4. The third-order valence-corrected chi connectivity index (χ3v) is 4.88. The Hall–Kier alpha value is -2.94. The molecule has 0 aliphatic carbocycles. The first-order chi connectivity index (χ1) is 14.9. The van der Waals surface area contributed by atoms with Crippen LogP contribution >= 0.6 is 0 Å². The maximum absolute atomic E-state index is 13.0. The molecule has 0 saturated carbocycles. The summed E-state index contributed by atoms with van der Waals surface area (Å²) in [6, 6.07) is 7.64. The van der Waals surface area contributed by atoms with Crippen molar-refractivity contribution in [1.29, 1.82) is 0 Å². The number of ketones is 1. The molecule has 1 aromatic carbocycles. The lowest BCUT2D eigenvalue weighted by atomic mass is 9.85. The van der Waals surface area contributed by atoms with Crippen molar-refractivity contribution in [3.8, 4) is 0 Å². The van der Waals surface area contributed by atoms with E-state index in [2.05, 4.69) is 20.7 Å². The topological polar surface area (TPSA) is 134 Å². The van der Waals surface area contributed by atoms with Crippen LogP contribution in [0.3, 0.4) is 0 Å². The van der Waals surface area contributed by atoms with E-state index in [1.807, 2.05) is 30.3 Å². The van der Waals surface area contributed by atoms with Gasteiger partial charge in [0.2, 0.25) is 11.8 Å². The summed E-state index contributed by atoms with van der Waals surface area (Å²) in [7, 11) is 1.21. The van der Waals surface area contributed by atoms with Crippen molar-refractivity contribution in [3.05, 3.63) is 35.9 Å². The largest absolute Gasteiger partial charge is 0.453 e. The van der Waals surface area contributed by atoms with Gasteiger partial charge in [-0.2, -0.15) is 0 Å². The van der Waals surface area contributed by atoms with Crippen LogP contribution in [-0.2, 0) is 25.5 Å². The molecule has 1 rings (SSSR count). The van der Waals surface area contributed by atoms with Crippen LogP contribution in [0.15, 0.2) is 30.3 Å². The van der Waals surface area contributed by atoms with E-state index < -0.39 is 35.6 Å². The normalized spacial score (nSPS) is 13.9. The number of hydrogen-bond acceptors (Lipinski definition) is 6. The van der Waals surface area contributed by atoms with Gasteiger partial charge in [-0.05, 0) is 24.3 Å². The van der Waals surface area contributed by atoms with Gasteiger partial charge in [0.15, 0.2) is 0 Å². The summed E-state index contributed by atoms with van der Waals surface area (Å²) in [6.45, 7) is 6.70. The number of aliphatic hydroxyl groups is 1. The van der Waals surface area contributed by atoms with Crippen LogP contribution < -0.4 is 16.0 Å². The summed E-state index contributed by atoms with van der Waals surface area (Å²) in [4.78, 5) is 47.8. The lowest BCUT2D eigenvalue weighted by molar-refractivity contribution is -0.127. The van der Waals surface area contributed by atoms with E-state index in [1.165, 1.54) is 14.0 Å². The average Bonchev–Trinajstić information content (AvgIpc) is 2.73. The lowest BCUT2D eigenvalue weighted by Gasteiger charge is -2.32. The van der Waals surface area contributed by atoms with Gasteiger partial charge in [0.05, 0.1) is 19.3 Å². The molecule has 9 nitrogen and oxygen atoms in total. The predicted octanol–water partition coefficient (Wildman–Crippen LogP) is 1.33. The fraction of sp³-hybridized carbons (Fsp3) is 0.565. The quantitative estimate of drug-likeness (QED) is 0.403. The summed E-state index contributed by atoms with van der Waals surface area (Å²) >= 11 is 0. The molecule has 1 unspecified atom stereocenters. The SMILES string of the molecule is COC(=O)NC(C(=O)N[C@@H](Cc1ccccc1)[C@@H](O)CNC(=O)CCC(C)=O)C(C)(C)C. The molecule has 0 aromatic heterocycles. The smallest absolute Gasteiger partial charge is 0.407 e. The monoisotopic (exact) mass is 449 g/mol. The Morgan fingerprint density at radius 1 is 1.03 bits per heavy atom. The van der Waals surface area contributed by atoms with E-state index in [4.69, 9.17) is 0 Å². The van der Waals surface area contributed by atoms with Crippen molar-refractivity contribution < 1.29 is 29.0 Å². The number of carbonyl (C=O) groups is 4. The standard InChI is InChI=1S/C23H35N3O6/c1-15(27)11-12-19(29)24-14-18(28)17(13-16-9-7-6-8-10-16)25-21(30)20(23(2,3)4)26-22(31)32-5/h6-10,17-18,20,28H,11-14H2,1-5H3,(H,24,29)(H,25,30)(H,26,31)/t17-,18-,20?/m0/s1. The van der Waals surface area contributed by atoms with Crippen LogP contribution in [0.25, 0.3) is 0 Å². The molecule has 0 aliphatic rings. The first-order valence-electron chi connectivity index (χ1n) is 10.6. The van der Waals surface area contributed by atoms with Gasteiger partial charge in [-0.25, -0.2) is 4.79 Å². The van der Waals surface area contributed by atoms with Crippen molar-refractivity contribution >= 4 is 23.7 Å². The number of Topliss-reactive ketones (excluding diaryl/α,β-unsaturated/α-hetero) is 1. The van der Waals surface area contributed by atoms with Crippen molar-refractivity contribution in [2.24, 2.45) is 5.41 Å². The van der Waals surface area contributed by atoms with Gasteiger partial charge in [-0.1, -0.05) is 51.1 Å². The van der Waals surface area contributed by atoms with Crippen LogP contribution in [-0.4, -0.2) is 60.6 Å². The third-order valence-electron chi connectivity index (χ3n) is 4.88. The molecule has 32 heavy (non-hydrogen) atoms. The third kappa shape index (κ3) is 9.91. The molecular formula is C23H35N3O6. The summed E-state index contributed by atoms with van der Waals surface area (Å²) < 4.78 is 4.63. The van der Waals surface area contributed by atoms with E-state index in [0.29, 0.717) is 6.42 Å². The Labute approximate surface area is 189 Å². The number of benzene rings is 1. The Bertz CT molecular complexity index is 776. The number of methoxy groups -OCH3 is 1. The summed E-state index contributed by atoms with van der Waals surface area (Å²) in [5.74, 6) is -0.934. The van der Waals surface area contributed by atoms with E-state index in [9.17, 15) is 24.3 Å². The highest BCUT2D eigenvalue weighted by molar-refractivity contribution is 5.86. The highest BCUT2D eigenvalue weighted by atomic mass is 16.5. The second-order valence-corrected chi connectivity index (χ2v) is 8.81. The van der Waals surface area contributed by atoms with E-state index in [-0.39, 0.29) is 31.1 Å². The zero-order valence-electron chi connectivity index (χ0n) is 19.4. The van der Waals surface area contributed by atoms with Gasteiger partial charge in [0.25, 0.3) is 0 Å². The van der Waals surface area contributed by atoms with Crippen molar-refractivity contribution in [2.45, 2.75) is 65.1 Å². The minimum Gasteiger partial charge on any atom is -0.453 e. The molecule has 1 aromatic rings. The second kappa shape index (κ2) is 12.8. The minimum atomic E-state index is -1.10. The number of ether oxygens (including phenoxy) is 1. The fourth-order valence-corrected chi connectivity index (χ4v) is 3.01. The van der Waals surface area contributed by atoms with Gasteiger partial charge in [-0.3, -0.25) is 9.59 Å². The highest BCUT2D eigenvalue weighted by Crippen LogP contribution is 2.20. The first-order valence-corrected chi connectivity index (χ1v) is 10.6. The van der Waals surface area contributed by atoms with Crippen LogP contribution in [0.4, 0.5) is 4.79 Å². The Balaban J connectivity index is 2.94. The van der Waals surface area contributed by atoms with Crippen molar-refractivity contribution in [2.75, 3.05) is 13.7 Å². The summed E-state index contributed by atoms with van der Waals surface area (Å²) in [5.41, 5.74) is 0.259. The highest BCUT2D eigenvalue weighted by Gasteiger charge is 2.35. The van der Waals surface area contributed by atoms with E-state index >= 15 is 0 Å². The van der Waals surface area contributed by atoms with E-state index in [0.717, 1.165) is 5.56 Å². The first kappa shape index (κ1) is 27.1. The molecule has 9 heteroatoms. The maximum atomic E-state index is 13.0. The summed E-state index contributed by atoms with van der Waals surface area (Å²) in [5, 5.41) is 18.7. The van der Waals surface area contributed by atoms with Gasteiger partial charge >= 0.3 is 6.09 Å². The number of nitrogens with one attached hydrogen (secondary N) is 3. The van der Waals surface area contributed by atoms with Crippen LogP contribution in [0.2, 0.25) is 0 Å². The van der Waals surface area contributed by atoms with Gasteiger partial charge in [-0.15, -0.1) is 0 Å². The number of carbonyl (C=O) groups excluding carboxylic acids is 4. The maximum Gasteiger partial charge on any atom is 0.407 e. The molecule has 0 radical (unpaired) electrons. The number of rotatable bonds is 11. The molecule has 0 saturated heterocycles. The molecule has 3 amide bonds. The second-order valence-electron chi connectivity index (χ2n) is 8.81. The molecule has 0 bridgehead atoms. The van der Waals surface area contributed by atoms with Crippen LogP contribution in [0.5, 0.6) is 0 Å². The average molecular weight is 450 g/mol. The number of hydrogen-bond donors (Lipinski definition) is 4.